The maximum Gasteiger partial charge on any atom is 2.00 e. The van der Waals surface area contributed by atoms with Crippen LogP contribution >= 0.6 is 0 Å². The van der Waals surface area contributed by atoms with Crippen molar-refractivity contribution in [1.82, 2.24) is 4.90 Å². The molecule has 1 amide bonds. The standard InChI is InChI=1S/C14H16NO4.C5H5.Ru/c1-9(17-3)12-13(16)15(2)7-14(12)5-4-10-11(6-14)19-8-18-10;1-2-4-5-3-1;/h4-6H,7-8H2,1-3H3;1-5H;/q;;+2/b12-9-;;. The third kappa shape index (κ3) is 4.28. The molecular weight excluding hydrogens is 407 g/mol. The normalized spacial score (nSPS) is 31.5. The molecule has 2 saturated carbocycles. The fraction of sp³-hybridized carbons (Fsp3) is 0.316. The Morgan fingerprint density at radius 1 is 1.16 bits per heavy atom. The zero-order chi connectivity index (χ0) is 17.2. The summed E-state index contributed by atoms with van der Waals surface area (Å²) >= 11 is 0. The number of allylic oxidation sites excluding steroid dienone is 1. The Kier molecular flexibility index (Phi) is 7.48. The van der Waals surface area contributed by atoms with Crippen molar-refractivity contribution in [2.45, 2.75) is 6.92 Å². The molecule has 6 heteroatoms. The molecule has 132 valence electrons. The molecule has 4 fully saturated rings. The van der Waals surface area contributed by atoms with Crippen molar-refractivity contribution in [3.8, 4) is 0 Å². The van der Waals surface area contributed by atoms with Gasteiger partial charge in [0.05, 0.1) is 12.7 Å². The predicted octanol–water partition coefficient (Wildman–Crippen LogP) is 2.08. The quantitative estimate of drug-likeness (QED) is 0.365. The van der Waals surface area contributed by atoms with Gasteiger partial charge in [-0.05, 0) is 45.4 Å². The van der Waals surface area contributed by atoms with Crippen LogP contribution in [-0.2, 0) is 38.5 Å². The zero-order valence-corrected chi connectivity index (χ0v) is 16.2. The third-order valence-corrected chi connectivity index (χ3v) is 4.33. The van der Waals surface area contributed by atoms with E-state index in [0.29, 0.717) is 24.0 Å². The first-order chi connectivity index (χ1) is 11.6. The molecule has 2 heterocycles. The van der Waals surface area contributed by atoms with Gasteiger partial charge in [-0.1, -0.05) is 0 Å². The fourth-order valence-corrected chi connectivity index (χ4v) is 3.14. The number of carbonyl (C=O) groups is 1. The fourth-order valence-electron chi connectivity index (χ4n) is 3.14. The van der Waals surface area contributed by atoms with Gasteiger partial charge in [-0.3, -0.25) is 4.79 Å². The van der Waals surface area contributed by atoms with Gasteiger partial charge in [0.25, 0.3) is 5.91 Å². The van der Waals surface area contributed by atoms with Crippen molar-refractivity contribution in [2.75, 3.05) is 27.5 Å². The van der Waals surface area contributed by atoms with Crippen molar-refractivity contribution in [3.05, 3.63) is 74.9 Å². The first kappa shape index (κ1) is 20.9. The van der Waals surface area contributed by atoms with Crippen molar-refractivity contribution >= 4 is 5.91 Å². The van der Waals surface area contributed by atoms with Crippen LogP contribution in [0.4, 0.5) is 0 Å². The predicted molar refractivity (Wildman–Crippen MR) is 87.7 cm³/mol. The van der Waals surface area contributed by atoms with E-state index in [1.165, 1.54) is 0 Å². The molecule has 0 aromatic heterocycles. The van der Waals surface area contributed by atoms with Crippen LogP contribution in [0, 0.1) is 69.0 Å². The Balaban J connectivity index is 0.000000325. The van der Waals surface area contributed by atoms with E-state index < -0.39 is 5.41 Å². The first-order valence-corrected chi connectivity index (χ1v) is 7.80. The Hall–Kier alpha value is -0.447. The van der Waals surface area contributed by atoms with E-state index in [1.54, 1.807) is 19.1 Å². The number of fused-ring (bicyclic) bond motifs is 1. The number of rotatable bonds is 1. The zero-order valence-electron chi connectivity index (χ0n) is 14.5. The number of methoxy groups -OCH3 is 1. The van der Waals surface area contributed by atoms with Gasteiger partial charge in [-0.15, -0.1) is 0 Å². The number of amides is 1. The maximum absolute atomic E-state index is 12.3. The number of ether oxygens (including phenoxy) is 3. The van der Waals surface area contributed by atoms with Crippen LogP contribution in [0.5, 0.6) is 0 Å². The van der Waals surface area contributed by atoms with E-state index in [9.17, 15) is 4.79 Å². The maximum atomic E-state index is 12.3. The Labute approximate surface area is 164 Å². The monoisotopic (exact) mass is 429 g/mol. The molecule has 25 heavy (non-hydrogen) atoms. The van der Waals surface area contributed by atoms with E-state index in [2.05, 4.69) is 0 Å². The summed E-state index contributed by atoms with van der Waals surface area (Å²) in [5, 5.41) is 0. The van der Waals surface area contributed by atoms with Gasteiger partial charge in [-0.25, -0.2) is 0 Å². The Bertz CT molecular complexity index is 498. The Morgan fingerprint density at radius 3 is 2.36 bits per heavy atom. The van der Waals surface area contributed by atoms with E-state index in [-0.39, 0.29) is 32.2 Å². The molecule has 0 N–H and O–H groups in total. The number of carbonyl (C=O) groups excluding carboxylic acids is 1. The van der Waals surface area contributed by atoms with Crippen molar-refractivity contribution in [1.29, 1.82) is 0 Å². The van der Waals surface area contributed by atoms with Gasteiger partial charge >= 0.3 is 19.5 Å². The minimum Gasteiger partial charge on any atom is -0.501 e. The van der Waals surface area contributed by atoms with Gasteiger partial charge in [-0.2, -0.15) is 0 Å². The smallest absolute Gasteiger partial charge is 0.501 e. The molecule has 1 unspecified atom stereocenters. The van der Waals surface area contributed by atoms with Gasteiger partial charge < -0.3 is 19.1 Å². The molecule has 2 aliphatic carbocycles. The van der Waals surface area contributed by atoms with Gasteiger partial charge in [0.15, 0.2) is 0 Å². The van der Waals surface area contributed by atoms with Gasteiger partial charge in [0, 0.05) is 31.8 Å². The van der Waals surface area contributed by atoms with E-state index in [4.69, 9.17) is 14.2 Å². The van der Waals surface area contributed by atoms with Crippen LogP contribution in [0.3, 0.4) is 0 Å². The van der Waals surface area contributed by atoms with Crippen LogP contribution in [0.2, 0.25) is 0 Å². The molecular formula is C19H21NO4Ru+2. The number of likely N-dealkylation sites (tertiary alicyclic amines) is 1. The second-order valence-electron chi connectivity index (χ2n) is 5.91. The summed E-state index contributed by atoms with van der Waals surface area (Å²) in [4.78, 5) is 14.0. The van der Waals surface area contributed by atoms with Crippen molar-refractivity contribution < 1.29 is 38.5 Å². The molecule has 4 rings (SSSR count). The number of hydrogen-bond acceptors (Lipinski definition) is 4. The summed E-state index contributed by atoms with van der Waals surface area (Å²) in [5.74, 6) is 0.626. The minimum atomic E-state index is -0.488. The van der Waals surface area contributed by atoms with E-state index >= 15 is 0 Å². The third-order valence-electron chi connectivity index (χ3n) is 4.33. The number of likely N-dealkylation sites (N-methyl/N-ethyl adjacent to an activating group) is 1. The topological polar surface area (TPSA) is 48.0 Å². The summed E-state index contributed by atoms with van der Waals surface area (Å²) in [7, 11) is 3.37. The second kappa shape index (κ2) is 8.97. The average Bonchev–Trinajstić information content (AvgIpc) is 3.31. The summed E-state index contributed by atoms with van der Waals surface area (Å²) in [6.45, 7) is 2.62. The molecule has 4 aliphatic rings. The van der Waals surface area contributed by atoms with Crippen molar-refractivity contribution in [2.24, 2.45) is 5.41 Å². The first-order valence-electron chi connectivity index (χ1n) is 7.80. The molecule has 2 saturated heterocycles. The van der Waals surface area contributed by atoms with Crippen LogP contribution in [-0.4, -0.2) is 38.3 Å². The molecule has 5 nitrogen and oxygen atoms in total. The van der Waals surface area contributed by atoms with Crippen LogP contribution in [0.15, 0.2) is 11.3 Å². The summed E-state index contributed by atoms with van der Waals surface area (Å²) in [5.41, 5.74) is 0.175. The summed E-state index contributed by atoms with van der Waals surface area (Å²) < 4.78 is 16.0. The SMILES string of the molecule is CO/C(C)=C1/C(=O)N(C)CC12[CH][CH][C]1OCO[C]1[CH]2.[CH]1[CH][CH][CH][CH]1.[Ru+2]. The molecule has 1 atom stereocenters. The molecule has 2 aliphatic heterocycles. The molecule has 1 spiro atoms. The summed E-state index contributed by atoms with van der Waals surface area (Å²) in [6, 6.07) is 0. The number of hydrogen-bond donors (Lipinski definition) is 0. The number of nitrogens with zero attached hydrogens (tertiary/aromatic N) is 1. The molecule has 10 radical (unpaired) electrons. The van der Waals surface area contributed by atoms with Crippen LogP contribution in [0.1, 0.15) is 6.92 Å². The van der Waals surface area contributed by atoms with Crippen LogP contribution < -0.4 is 0 Å². The van der Waals surface area contributed by atoms with Crippen molar-refractivity contribution in [3.63, 3.8) is 0 Å². The van der Waals surface area contributed by atoms with Gasteiger partial charge in [0.1, 0.15) is 24.8 Å². The van der Waals surface area contributed by atoms with E-state index in [0.717, 1.165) is 6.10 Å². The Morgan fingerprint density at radius 2 is 1.76 bits per heavy atom. The van der Waals surface area contributed by atoms with Gasteiger partial charge in [0.2, 0.25) is 0 Å². The van der Waals surface area contributed by atoms with E-state index in [1.807, 2.05) is 58.3 Å². The molecule has 0 bridgehead atoms. The second-order valence-corrected chi connectivity index (χ2v) is 5.91. The minimum absolute atomic E-state index is 0. The average molecular weight is 428 g/mol. The van der Waals surface area contributed by atoms with Crippen LogP contribution in [0.25, 0.3) is 0 Å². The molecule has 0 aromatic carbocycles. The largest absolute Gasteiger partial charge is 2.00 e. The molecule has 0 aromatic rings. The summed E-state index contributed by atoms with van der Waals surface area (Å²) in [6.07, 6.45) is 17.2.